The molecule has 2 aromatic carbocycles. The molecule has 112 valence electrons. The summed E-state index contributed by atoms with van der Waals surface area (Å²) in [7, 11) is 1.61. The zero-order valence-electron chi connectivity index (χ0n) is 11.8. The van der Waals surface area contributed by atoms with Crippen LogP contribution in [0.4, 0.5) is 5.69 Å². The highest BCUT2D eigenvalue weighted by Gasteiger charge is 2.06. The summed E-state index contributed by atoms with van der Waals surface area (Å²) in [5, 5.41) is 11.9. The van der Waals surface area contributed by atoms with E-state index in [-0.39, 0.29) is 11.7 Å². The van der Waals surface area contributed by atoms with Gasteiger partial charge < -0.3 is 10.1 Å². The van der Waals surface area contributed by atoms with E-state index in [1.165, 1.54) is 11.8 Å². The van der Waals surface area contributed by atoms with E-state index in [9.17, 15) is 4.79 Å². The van der Waals surface area contributed by atoms with Crippen LogP contribution in [0, 0.1) is 11.3 Å². The molecular formula is C16H13ClN2O2S. The first-order valence-electron chi connectivity index (χ1n) is 6.38. The van der Waals surface area contributed by atoms with E-state index in [0.29, 0.717) is 16.3 Å². The summed E-state index contributed by atoms with van der Waals surface area (Å²) in [5.41, 5.74) is 0.955. The third-order valence-electron chi connectivity index (χ3n) is 2.80. The van der Waals surface area contributed by atoms with Crippen LogP contribution in [0.3, 0.4) is 0 Å². The Morgan fingerprint density at radius 2 is 2.05 bits per heavy atom. The van der Waals surface area contributed by atoms with Crippen molar-refractivity contribution in [1.29, 1.82) is 5.26 Å². The summed E-state index contributed by atoms with van der Waals surface area (Å²) < 4.78 is 5.08. The number of benzene rings is 2. The average Bonchev–Trinajstić information content (AvgIpc) is 2.53. The number of thioether (sulfide) groups is 1. The summed E-state index contributed by atoms with van der Waals surface area (Å²) in [6.45, 7) is 0. The van der Waals surface area contributed by atoms with E-state index in [0.717, 1.165) is 10.6 Å². The number of hydrogen-bond acceptors (Lipinski definition) is 4. The minimum Gasteiger partial charge on any atom is -0.497 e. The fourth-order valence-electron chi connectivity index (χ4n) is 1.70. The van der Waals surface area contributed by atoms with Gasteiger partial charge in [0.1, 0.15) is 11.8 Å². The zero-order chi connectivity index (χ0) is 15.9. The molecule has 1 amide bonds. The maximum atomic E-state index is 11.9. The maximum absolute atomic E-state index is 11.9. The molecule has 0 fully saturated rings. The number of nitrogens with one attached hydrogen (secondary N) is 1. The minimum atomic E-state index is -0.137. The predicted octanol–water partition coefficient (Wildman–Crippen LogP) is 3.95. The van der Waals surface area contributed by atoms with E-state index in [2.05, 4.69) is 5.32 Å². The number of amides is 1. The molecule has 0 atom stereocenters. The van der Waals surface area contributed by atoms with Crippen LogP contribution in [0.25, 0.3) is 0 Å². The van der Waals surface area contributed by atoms with Gasteiger partial charge >= 0.3 is 0 Å². The number of halogens is 1. The van der Waals surface area contributed by atoms with Gasteiger partial charge in [-0.15, -0.1) is 11.8 Å². The van der Waals surface area contributed by atoms with Crippen molar-refractivity contribution >= 4 is 35.0 Å². The molecule has 0 saturated heterocycles. The molecule has 0 heterocycles. The Morgan fingerprint density at radius 1 is 1.32 bits per heavy atom. The van der Waals surface area contributed by atoms with Crippen LogP contribution in [0.15, 0.2) is 47.4 Å². The van der Waals surface area contributed by atoms with Crippen molar-refractivity contribution in [3.05, 3.63) is 53.1 Å². The molecule has 1 N–H and O–H groups in total. The lowest BCUT2D eigenvalue weighted by molar-refractivity contribution is -0.113. The van der Waals surface area contributed by atoms with Gasteiger partial charge in [-0.25, -0.2) is 0 Å². The molecule has 0 aliphatic heterocycles. The summed E-state index contributed by atoms with van der Waals surface area (Å²) in [5.74, 6) is 0.923. The predicted molar refractivity (Wildman–Crippen MR) is 88.5 cm³/mol. The van der Waals surface area contributed by atoms with E-state index in [4.69, 9.17) is 21.6 Å². The molecule has 0 saturated carbocycles. The number of carbonyl (C=O) groups excluding carboxylic acids is 1. The lowest BCUT2D eigenvalue weighted by Gasteiger charge is -2.06. The maximum Gasteiger partial charge on any atom is 0.234 e. The molecule has 6 heteroatoms. The molecule has 0 spiro atoms. The molecule has 22 heavy (non-hydrogen) atoms. The van der Waals surface area contributed by atoms with Crippen LogP contribution in [0.1, 0.15) is 5.56 Å². The summed E-state index contributed by atoms with van der Waals surface area (Å²) in [6.07, 6.45) is 0. The molecular weight excluding hydrogens is 320 g/mol. The second-order valence-electron chi connectivity index (χ2n) is 4.32. The average molecular weight is 333 g/mol. The highest BCUT2D eigenvalue weighted by molar-refractivity contribution is 8.00. The fraction of sp³-hybridized carbons (Fsp3) is 0.125. The topological polar surface area (TPSA) is 62.1 Å². The molecule has 0 bridgehead atoms. The number of methoxy groups -OCH3 is 1. The van der Waals surface area contributed by atoms with Gasteiger partial charge in [-0.1, -0.05) is 11.6 Å². The normalized spacial score (nSPS) is 9.86. The molecule has 2 rings (SSSR count). The second-order valence-corrected chi connectivity index (χ2v) is 5.77. The Hall–Kier alpha value is -2.16. The Labute approximate surface area is 138 Å². The lowest BCUT2D eigenvalue weighted by Crippen LogP contribution is -2.13. The summed E-state index contributed by atoms with van der Waals surface area (Å²) >= 11 is 7.35. The van der Waals surface area contributed by atoms with Gasteiger partial charge in [-0.3, -0.25) is 4.79 Å². The largest absolute Gasteiger partial charge is 0.497 e. The van der Waals surface area contributed by atoms with Gasteiger partial charge in [0.15, 0.2) is 0 Å². The SMILES string of the molecule is COc1ccc(SCC(=O)Nc2ccc(C#N)c(Cl)c2)cc1. The van der Waals surface area contributed by atoms with Gasteiger partial charge in [-0.05, 0) is 42.5 Å². The highest BCUT2D eigenvalue weighted by atomic mass is 35.5. The van der Waals surface area contributed by atoms with Gasteiger partial charge in [0.2, 0.25) is 5.91 Å². The number of nitriles is 1. The van der Waals surface area contributed by atoms with Crippen LogP contribution in [-0.2, 0) is 4.79 Å². The first kappa shape index (κ1) is 16.2. The van der Waals surface area contributed by atoms with Crippen molar-refractivity contribution < 1.29 is 9.53 Å². The van der Waals surface area contributed by atoms with Gasteiger partial charge in [0.05, 0.1) is 23.4 Å². The second kappa shape index (κ2) is 7.74. The number of anilines is 1. The van der Waals surface area contributed by atoms with Crippen molar-refractivity contribution in [2.75, 3.05) is 18.2 Å². The molecule has 0 aromatic heterocycles. The van der Waals surface area contributed by atoms with Gasteiger partial charge in [-0.2, -0.15) is 5.26 Å². The number of nitrogens with zero attached hydrogens (tertiary/aromatic N) is 1. The molecule has 0 aliphatic rings. The first-order valence-corrected chi connectivity index (χ1v) is 7.75. The van der Waals surface area contributed by atoms with E-state index >= 15 is 0 Å². The third-order valence-corrected chi connectivity index (χ3v) is 4.13. The Kier molecular flexibility index (Phi) is 5.70. The van der Waals surface area contributed by atoms with Crippen molar-refractivity contribution in [2.45, 2.75) is 4.90 Å². The van der Waals surface area contributed by atoms with Crippen molar-refractivity contribution in [3.8, 4) is 11.8 Å². The number of carbonyl (C=O) groups is 1. The first-order chi connectivity index (χ1) is 10.6. The van der Waals surface area contributed by atoms with Gasteiger partial charge in [0, 0.05) is 10.6 Å². The summed E-state index contributed by atoms with van der Waals surface area (Å²) in [4.78, 5) is 12.9. The number of ether oxygens (including phenoxy) is 1. The molecule has 0 radical (unpaired) electrons. The van der Waals surface area contributed by atoms with Crippen molar-refractivity contribution in [2.24, 2.45) is 0 Å². The highest BCUT2D eigenvalue weighted by Crippen LogP contribution is 2.23. The third kappa shape index (κ3) is 4.42. The van der Waals surface area contributed by atoms with E-state index in [1.54, 1.807) is 25.3 Å². The van der Waals surface area contributed by atoms with Crippen molar-refractivity contribution in [1.82, 2.24) is 0 Å². The van der Waals surface area contributed by atoms with E-state index < -0.39 is 0 Å². The quantitative estimate of drug-likeness (QED) is 0.842. The van der Waals surface area contributed by atoms with Crippen LogP contribution in [0.2, 0.25) is 5.02 Å². The van der Waals surface area contributed by atoms with Crippen LogP contribution in [0.5, 0.6) is 5.75 Å². The van der Waals surface area contributed by atoms with Crippen LogP contribution in [-0.4, -0.2) is 18.8 Å². The molecule has 4 nitrogen and oxygen atoms in total. The smallest absolute Gasteiger partial charge is 0.234 e. The minimum absolute atomic E-state index is 0.137. The zero-order valence-corrected chi connectivity index (χ0v) is 13.4. The Morgan fingerprint density at radius 3 is 2.64 bits per heavy atom. The lowest BCUT2D eigenvalue weighted by atomic mass is 10.2. The Bertz CT molecular complexity index is 711. The Balaban J connectivity index is 1.90. The number of hydrogen-bond donors (Lipinski definition) is 1. The molecule has 2 aromatic rings. The fourth-order valence-corrected chi connectivity index (χ4v) is 2.62. The van der Waals surface area contributed by atoms with Crippen molar-refractivity contribution in [3.63, 3.8) is 0 Å². The van der Waals surface area contributed by atoms with Crippen LogP contribution < -0.4 is 10.1 Å². The van der Waals surface area contributed by atoms with Gasteiger partial charge in [0.25, 0.3) is 0 Å². The standard InChI is InChI=1S/C16H13ClN2O2S/c1-21-13-4-6-14(7-5-13)22-10-16(20)19-12-3-2-11(9-18)15(17)8-12/h2-8H,10H2,1H3,(H,19,20). The summed E-state index contributed by atoms with van der Waals surface area (Å²) in [6, 6.07) is 14.3. The van der Waals surface area contributed by atoms with Crippen LogP contribution >= 0.6 is 23.4 Å². The molecule has 0 unspecified atom stereocenters. The number of rotatable bonds is 5. The van der Waals surface area contributed by atoms with E-state index in [1.807, 2.05) is 30.3 Å². The molecule has 0 aliphatic carbocycles. The monoisotopic (exact) mass is 332 g/mol.